The number of aliphatic hydroxyl groups excluding tert-OH is 4. The Balaban J connectivity index is 2.63. The van der Waals surface area contributed by atoms with Crippen molar-refractivity contribution in [3.05, 3.63) is 97.2 Å². The van der Waals surface area contributed by atoms with Gasteiger partial charge in [-0.2, -0.15) is 0 Å². The fraction of sp³-hybridized carbons (Fsp3) is 0.625. The monoisotopic (exact) mass is 988 g/mol. The van der Waals surface area contributed by atoms with Gasteiger partial charge in [0.2, 0.25) is 0 Å². The molecule has 19 heteroatoms. The van der Waals surface area contributed by atoms with Gasteiger partial charge in [-0.1, -0.05) is 130 Å². The van der Waals surface area contributed by atoms with Crippen LogP contribution in [-0.2, 0) is 46.5 Å². The van der Waals surface area contributed by atoms with Crippen molar-refractivity contribution in [2.45, 2.75) is 160 Å². The topological polar surface area (TPSA) is 265 Å². The fourth-order valence-corrected chi connectivity index (χ4v) is 7.33. The van der Waals surface area contributed by atoms with E-state index in [2.05, 4.69) is 71.5 Å². The summed E-state index contributed by atoms with van der Waals surface area (Å²) >= 11 is 0. The first-order valence-electron chi connectivity index (χ1n) is 23.3. The Kier molecular flexibility index (Phi) is 35.7. The lowest BCUT2D eigenvalue weighted by molar-refractivity contribution is -0.199. The second-order valence-corrected chi connectivity index (χ2v) is 18.5. The molecule has 0 aromatic carbocycles. The number of ether oxygens (including phenoxy) is 3. The zero-order chi connectivity index (χ0) is 49.6. The van der Waals surface area contributed by atoms with E-state index in [1.165, 1.54) is 0 Å². The van der Waals surface area contributed by atoms with Crippen LogP contribution < -0.4 is 0 Å². The van der Waals surface area contributed by atoms with Crippen molar-refractivity contribution in [3.8, 4) is 0 Å². The Morgan fingerprint density at radius 3 is 1.84 bits per heavy atom. The van der Waals surface area contributed by atoms with Gasteiger partial charge in [0.05, 0.1) is 38.1 Å². The van der Waals surface area contributed by atoms with E-state index in [1.54, 1.807) is 12.2 Å². The molecule has 17 nitrogen and oxygen atoms in total. The van der Waals surface area contributed by atoms with Gasteiger partial charge in [0, 0.05) is 25.2 Å². The van der Waals surface area contributed by atoms with Crippen LogP contribution in [-0.4, -0.2) is 110 Å². The molecule has 0 amide bonds. The van der Waals surface area contributed by atoms with Gasteiger partial charge in [-0.3, -0.25) is 23.2 Å². The number of phosphoric ester groups is 2. The molecule has 2 unspecified atom stereocenters. The van der Waals surface area contributed by atoms with Crippen LogP contribution in [0.15, 0.2) is 97.2 Å². The Bertz CT molecular complexity index is 1670. The lowest BCUT2D eigenvalue weighted by atomic mass is 9.87. The summed E-state index contributed by atoms with van der Waals surface area (Å²) in [5, 5.41) is 40.8. The number of carbonyl (C=O) groups excluding carboxylic acids is 2. The molecular weight excluding hydrogens is 910 g/mol. The SMILES string of the molecule is CC/C=C\C/C=C\C/C=C\C/C=C\C/C=C\C/C=C\CCC(=O)O[C@H](COC(=O)CCC/C=C\C[C@H]1[C@@H](O)CC(O)O[C@@H]1/C=C/[C@@H](O)CCCCC)COP(=O)(O)OC[C@@H](O)COP(=O)(O)O. The molecule has 0 radical (unpaired) electrons. The Morgan fingerprint density at radius 1 is 0.672 bits per heavy atom. The number of hydrogen-bond donors (Lipinski definition) is 7. The number of carbonyl (C=O) groups is 2. The fourth-order valence-electron chi connectivity index (χ4n) is 6.18. The molecule has 0 aromatic rings. The molecule has 67 heavy (non-hydrogen) atoms. The molecule has 0 aliphatic carbocycles. The quantitative estimate of drug-likeness (QED) is 0.0133. The van der Waals surface area contributed by atoms with Crippen molar-refractivity contribution in [3.63, 3.8) is 0 Å². The lowest BCUT2D eigenvalue weighted by Gasteiger charge is -2.36. The van der Waals surface area contributed by atoms with Gasteiger partial charge in [0.15, 0.2) is 12.4 Å². The summed E-state index contributed by atoms with van der Waals surface area (Å²) < 4.78 is 53.4. The minimum Gasteiger partial charge on any atom is -0.462 e. The lowest BCUT2D eigenvalue weighted by Crippen LogP contribution is -2.43. The highest BCUT2D eigenvalue weighted by Crippen LogP contribution is 2.44. The molecule has 1 heterocycles. The number of allylic oxidation sites excluding steroid dienone is 14. The zero-order valence-corrected chi connectivity index (χ0v) is 41.0. The van der Waals surface area contributed by atoms with Crippen molar-refractivity contribution in [1.82, 2.24) is 0 Å². The first-order valence-corrected chi connectivity index (χ1v) is 26.4. The van der Waals surface area contributed by atoms with Crippen LogP contribution in [0.4, 0.5) is 0 Å². The van der Waals surface area contributed by atoms with Crippen LogP contribution >= 0.6 is 15.6 Å². The maximum absolute atomic E-state index is 12.7. The van der Waals surface area contributed by atoms with Gasteiger partial charge in [0.1, 0.15) is 12.7 Å². The molecule has 1 rings (SSSR count). The number of rotatable bonds is 38. The molecule has 1 aliphatic rings. The van der Waals surface area contributed by atoms with Crippen LogP contribution in [0.5, 0.6) is 0 Å². The summed E-state index contributed by atoms with van der Waals surface area (Å²) in [5.41, 5.74) is 0. The summed E-state index contributed by atoms with van der Waals surface area (Å²) in [4.78, 5) is 53.0. The van der Waals surface area contributed by atoms with Crippen molar-refractivity contribution < 1.29 is 81.6 Å². The average Bonchev–Trinajstić information content (AvgIpc) is 3.27. The maximum atomic E-state index is 12.7. The van der Waals surface area contributed by atoms with E-state index in [0.29, 0.717) is 38.5 Å². The highest BCUT2D eigenvalue weighted by Gasteiger charge is 2.35. The van der Waals surface area contributed by atoms with Crippen LogP contribution in [0.3, 0.4) is 0 Å². The third-order valence-electron chi connectivity index (χ3n) is 9.76. The standard InChI is InChI=1S/C48H78O17P2/c1-3-5-7-8-9-10-11-12-13-14-15-16-17-18-19-20-21-22-28-32-47(53)64-42(39-63-67(58,59)62-37-41(50)36-61-66(55,56)57)38-60-46(52)31-27-24-23-26-30-43-44(51)35-48(54)65-45(43)34-33-40(49)29-25-6-4-2/h5,7,9-10,12-13,15-16,18-19,21-23,26,33-34,40-45,48-51,54H,3-4,6,8,11,14,17,20,24-25,27-32,35-39H2,1-2H3,(H,58,59)(H2,55,56,57)/b7-5-,10-9-,13-12-,16-15-,19-18-,22-21-,26-23-,34-33+/t40-,41-,42+,43-,44-,45+,48?/m0/s1. The van der Waals surface area contributed by atoms with Crippen molar-refractivity contribution in [2.24, 2.45) is 5.92 Å². The van der Waals surface area contributed by atoms with Gasteiger partial charge in [-0.15, -0.1) is 0 Å². The maximum Gasteiger partial charge on any atom is 0.472 e. The van der Waals surface area contributed by atoms with E-state index in [1.807, 2.05) is 36.5 Å². The van der Waals surface area contributed by atoms with Crippen LogP contribution in [0.1, 0.15) is 123 Å². The number of unbranched alkanes of at least 4 members (excludes halogenated alkanes) is 3. The molecule has 1 aliphatic heterocycles. The van der Waals surface area contributed by atoms with Gasteiger partial charge >= 0.3 is 27.6 Å². The third-order valence-corrected chi connectivity index (χ3v) is 11.2. The highest BCUT2D eigenvalue weighted by atomic mass is 31.2. The highest BCUT2D eigenvalue weighted by molar-refractivity contribution is 7.47. The second kappa shape index (κ2) is 38.7. The Morgan fingerprint density at radius 2 is 1.24 bits per heavy atom. The predicted octanol–water partition coefficient (Wildman–Crippen LogP) is 8.22. The third kappa shape index (κ3) is 36.5. The van der Waals surface area contributed by atoms with Crippen LogP contribution in [0.2, 0.25) is 0 Å². The van der Waals surface area contributed by atoms with E-state index < -0.39 is 90.8 Å². The number of phosphoric acid groups is 2. The summed E-state index contributed by atoms with van der Waals surface area (Å²) in [6.45, 7) is 1.13. The molecule has 0 bridgehead atoms. The van der Waals surface area contributed by atoms with E-state index in [-0.39, 0.29) is 25.2 Å². The van der Waals surface area contributed by atoms with E-state index in [9.17, 15) is 44.0 Å². The van der Waals surface area contributed by atoms with Crippen molar-refractivity contribution >= 4 is 27.6 Å². The normalized spacial score (nSPS) is 21.0. The van der Waals surface area contributed by atoms with Gasteiger partial charge in [-0.05, 0) is 70.6 Å². The van der Waals surface area contributed by atoms with Crippen LogP contribution in [0, 0.1) is 5.92 Å². The predicted molar refractivity (Wildman–Crippen MR) is 256 cm³/mol. The Hall–Kier alpha value is -3.12. The van der Waals surface area contributed by atoms with Crippen LogP contribution in [0.25, 0.3) is 0 Å². The molecule has 0 aromatic heterocycles. The van der Waals surface area contributed by atoms with Crippen molar-refractivity contribution in [2.75, 3.05) is 26.4 Å². The average molecular weight is 989 g/mol. The first kappa shape index (κ1) is 61.9. The molecule has 0 spiro atoms. The summed E-state index contributed by atoms with van der Waals surface area (Å²) in [5.74, 6) is -1.70. The molecular formula is C48H78O17P2. The smallest absolute Gasteiger partial charge is 0.462 e. The van der Waals surface area contributed by atoms with Gasteiger partial charge in [-0.25, -0.2) is 9.13 Å². The van der Waals surface area contributed by atoms with Gasteiger partial charge < -0.3 is 49.3 Å². The molecule has 1 saturated heterocycles. The van der Waals surface area contributed by atoms with Crippen molar-refractivity contribution in [1.29, 1.82) is 0 Å². The molecule has 0 saturated carbocycles. The molecule has 7 N–H and O–H groups in total. The minimum absolute atomic E-state index is 0.0205. The first-order chi connectivity index (χ1) is 32.0. The molecule has 8 atom stereocenters. The molecule has 1 fully saturated rings. The number of esters is 2. The zero-order valence-electron chi connectivity index (χ0n) is 39.2. The minimum atomic E-state index is -4.91. The number of hydrogen-bond acceptors (Lipinski definition) is 14. The van der Waals surface area contributed by atoms with E-state index in [0.717, 1.165) is 51.4 Å². The second-order valence-electron chi connectivity index (χ2n) is 15.8. The molecule has 382 valence electrons. The largest absolute Gasteiger partial charge is 0.472 e. The Labute approximate surface area is 397 Å². The summed E-state index contributed by atoms with van der Waals surface area (Å²) in [7, 11) is -9.82. The van der Waals surface area contributed by atoms with E-state index in [4.69, 9.17) is 28.5 Å². The van der Waals surface area contributed by atoms with Gasteiger partial charge in [0.25, 0.3) is 0 Å². The van der Waals surface area contributed by atoms with E-state index >= 15 is 0 Å². The summed E-state index contributed by atoms with van der Waals surface area (Å²) in [6.07, 6.45) is 36.0. The summed E-state index contributed by atoms with van der Waals surface area (Å²) in [6, 6.07) is 0. The number of aliphatic hydroxyl groups is 4.